The molecule has 1 saturated heterocycles. The van der Waals surface area contributed by atoms with E-state index in [1.807, 2.05) is 26.0 Å². The van der Waals surface area contributed by atoms with E-state index in [0.29, 0.717) is 48.9 Å². The van der Waals surface area contributed by atoms with E-state index in [0.717, 1.165) is 6.42 Å². The first-order chi connectivity index (χ1) is 23.8. The van der Waals surface area contributed by atoms with Crippen molar-refractivity contribution in [1.29, 1.82) is 0 Å². The predicted molar refractivity (Wildman–Crippen MR) is 181 cm³/mol. The largest absolute Gasteiger partial charge is 0.497 e. The van der Waals surface area contributed by atoms with Crippen LogP contribution in [0, 0.1) is 17.8 Å². The first kappa shape index (κ1) is 35.4. The number of methoxy groups -OCH3 is 1. The third-order valence-electron chi connectivity index (χ3n) is 10.3. The number of amides is 4. The fraction of sp³-hybridized carbons (Fsp3) is 0.588. The van der Waals surface area contributed by atoms with E-state index in [1.165, 1.54) is 18.2 Å². The highest BCUT2D eigenvalue weighted by Gasteiger charge is 2.62. The van der Waals surface area contributed by atoms with Crippen molar-refractivity contribution in [3.05, 3.63) is 36.5 Å². The van der Waals surface area contributed by atoms with Gasteiger partial charge in [-0.1, -0.05) is 32.4 Å². The van der Waals surface area contributed by atoms with Crippen molar-refractivity contribution in [2.24, 2.45) is 17.8 Å². The summed E-state index contributed by atoms with van der Waals surface area (Å²) in [5.74, 6) is -2.01. The molecule has 1 aromatic heterocycles. The fourth-order valence-electron chi connectivity index (χ4n) is 7.18. The highest BCUT2D eigenvalue weighted by atomic mass is 32.2. The number of sulfonamides is 1. The number of hydrogen-bond acceptors (Lipinski definition) is 10. The number of ether oxygens (including phenoxy) is 2. The number of nitrogens with one attached hydrogen (secondary N) is 3. The van der Waals surface area contributed by atoms with Gasteiger partial charge in [0.05, 0.1) is 36.1 Å². The molecule has 50 heavy (non-hydrogen) atoms. The first-order valence-electron chi connectivity index (χ1n) is 17.2. The van der Waals surface area contributed by atoms with E-state index in [1.54, 1.807) is 18.2 Å². The van der Waals surface area contributed by atoms with Crippen LogP contribution in [0.2, 0.25) is 0 Å². The number of allylic oxidation sites excluding steroid dienone is 1. The van der Waals surface area contributed by atoms with Crippen LogP contribution >= 0.6 is 0 Å². The summed E-state index contributed by atoms with van der Waals surface area (Å²) in [4.78, 5) is 64.5. The molecule has 4 amide bonds. The number of hydrogen-bond donors (Lipinski definition) is 4. The van der Waals surface area contributed by atoms with Crippen molar-refractivity contribution >= 4 is 44.9 Å². The normalized spacial score (nSPS) is 30.3. The quantitative estimate of drug-likeness (QED) is 0.293. The number of carboxylic acid groups (broad SMARTS) is 1. The molecular weight excluding hydrogens is 668 g/mol. The maximum absolute atomic E-state index is 14.4. The lowest BCUT2D eigenvalue weighted by molar-refractivity contribution is -0.142. The van der Waals surface area contributed by atoms with Crippen LogP contribution in [0.15, 0.2) is 36.5 Å². The van der Waals surface area contributed by atoms with E-state index in [2.05, 4.69) is 25.3 Å². The molecular formula is C34H44N6O9S. The molecule has 3 fully saturated rings. The molecule has 2 aliphatic heterocycles. The van der Waals surface area contributed by atoms with Gasteiger partial charge in [0.25, 0.3) is 5.91 Å². The van der Waals surface area contributed by atoms with Crippen molar-refractivity contribution in [2.75, 3.05) is 13.7 Å². The van der Waals surface area contributed by atoms with Crippen molar-refractivity contribution in [2.45, 2.75) is 94.2 Å². The Morgan fingerprint density at radius 1 is 1.16 bits per heavy atom. The van der Waals surface area contributed by atoms with Crippen LogP contribution in [-0.4, -0.2) is 94.8 Å². The topological polar surface area (TPSA) is 206 Å². The van der Waals surface area contributed by atoms with Crippen molar-refractivity contribution in [3.63, 3.8) is 0 Å². The van der Waals surface area contributed by atoms with Crippen molar-refractivity contribution in [3.8, 4) is 11.6 Å². The highest BCUT2D eigenvalue weighted by molar-refractivity contribution is 7.91. The van der Waals surface area contributed by atoms with Gasteiger partial charge in [-0.3, -0.25) is 19.1 Å². The highest BCUT2D eigenvalue weighted by Crippen LogP contribution is 2.46. The van der Waals surface area contributed by atoms with Gasteiger partial charge in [-0.25, -0.2) is 23.2 Å². The molecule has 2 aliphatic carbocycles. The van der Waals surface area contributed by atoms with E-state index in [9.17, 15) is 32.7 Å². The number of aromatic nitrogens is 2. The molecule has 0 bridgehead atoms. The van der Waals surface area contributed by atoms with E-state index >= 15 is 0 Å². The van der Waals surface area contributed by atoms with Gasteiger partial charge in [-0.05, 0) is 62.5 Å². The minimum Gasteiger partial charge on any atom is -0.497 e. The Kier molecular flexibility index (Phi) is 9.93. The van der Waals surface area contributed by atoms with Crippen LogP contribution in [0.25, 0.3) is 11.0 Å². The summed E-state index contributed by atoms with van der Waals surface area (Å²) in [6, 6.07) is 2.91. The summed E-state index contributed by atoms with van der Waals surface area (Å²) in [5, 5.41) is 14.4. The Balaban J connectivity index is 1.33. The molecule has 4 aliphatic rings. The Morgan fingerprint density at radius 2 is 1.94 bits per heavy atom. The average molecular weight is 713 g/mol. The van der Waals surface area contributed by atoms with Crippen molar-refractivity contribution < 1.29 is 42.2 Å². The first-order valence-corrected chi connectivity index (χ1v) is 18.7. The Labute approximate surface area is 290 Å². The number of benzene rings is 1. The second-order valence-corrected chi connectivity index (χ2v) is 15.9. The van der Waals surface area contributed by atoms with Gasteiger partial charge in [-0.2, -0.15) is 0 Å². The zero-order valence-electron chi connectivity index (χ0n) is 28.3. The lowest BCUT2D eigenvalue weighted by Crippen LogP contribution is -2.59. The third-order valence-corrected chi connectivity index (χ3v) is 12.1. The molecule has 6 rings (SSSR count). The number of rotatable bonds is 8. The molecule has 270 valence electrons. The lowest BCUT2D eigenvalue weighted by Gasteiger charge is -2.33. The van der Waals surface area contributed by atoms with Crippen LogP contribution in [0.1, 0.15) is 65.2 Å². The van der Waals surface area contributed by atoms with Gasteiger partial charge >= 0.3 is 6.09 Å². The van der Waals surface area contributed by atoms with Gasteiger partial charge in [0, 0.05) is 18.4 Å². The molecule has 4 N–H and O–H groups in total. The van der Waals surface area contributed by atoms with E-state index in [4.69, 9.17) is 9.47 Å². The summed E-state index contributed by atoms with van der Waals surface area (Å²) >= 11 is 0. The smallest absolute Gasteiger partial charge is 0.405 e. The maximum atomic E-state index is 14.4. The van der Waals surface area contributed by atoms with Crippen LogP contribution in [0.4, 0.5) is 4.79 Å². The molecule has 0 spiro atoms. The summed E-state index contributed by atoms with van der Waals surface area (Å²) in [6.07, 6.45) is 6.71. The monoisotopic (exact) mass is 712 g/mol. The summed E-state index contributed by atoms with van der Waals surface area (Å²) in [5.41, 5.74) is -0.409. The number of carbonyl (C=O) groups is 4. The molecule has 2 aromatic rings. The molecule has 3 heterocycles. The van der Waals surface area contributed by atoms with Gasteiger partial charge in [0.1, 0.15) is 29.5 Å². The standard InChI is InChI=1S/C34H44N6O9S/c1-4-20-13-19(2)7-5-6-8-21-16-34(21,32(43)39-50(46,47)24-10-11-24)38-30(41)27-15-23(18-40(27)31(42)29(20)37-33(44)45)49-28-17-35-25-12-9-22(48-3)14-26(25)36-28/h6,8-9,12,14,17,19-21,23-24,27,29,37H,4-5,7,10-11,13,15-16,18H2,1-3H3,(H,38,41)(H,39,43)(H,44,45)/t19-,20-,21-,23-,27+,29+,34-/m1/s1. The van der Waals surface area contributed by atoms with Gasteiger partial charge in [0.15, 0.2) is 0 Å². The second-order valence-electron chi connectivity index (χ2n) is 13.9. The Hall–Kier alpha value is -4.47. The fourth-order valence-corrected chi connectivity index (χ4v) is 8.54. The lowest BCUT2D eigenvalue weighted by atomic mass is 9.85. The summed E-state index contributed by atoms with van der Waals surface area (Å²) < 4.78 is 39.2. The Morgan fingerprint density at radius 3 is 2.64 bits per heavy atom. The van der Waals surface area contributed by atoms with Crippen LogP contribution in [0.5, 0.6) is 11.6 Å². The van der Waals surface area contributed by atoms with Crippen LogP contribution in [0.3, 0.4) is 0 Å². The molecule has 1 aromatic carbocycles. The molecule has 16 heteroatoms. The Bertz CT molecular complexity index is 1800. The summed E-state index contributed by atoms with van der Waals surface area (Å²) in [7, 11) is -2.37. The molecule has 2 saturated carbocycles. The van der Waals surface area contributed by atoms with Crippen LogP contribution < -0.4 is 24.8 Å². The average Bonchev–Trinajstić information content (AvgIpc) is 4.00. The number of fused-ring (bicyclic) bond motifs is 3. The van der Waals surface area contributed by atoms with E-state index in [-0.39, 0.29) is 37.1 Å². The minimum atomic E-state index is -3.90. The minimum absolute atomic E-state index is 0.000957. The van der Waals surface area contributed by atoms with E-state index < -0.39 is 68.7 Å². The van der Waals surface area contributed by atoms with Gasteiger partial charge < -0.3 is 30.1 Å². The number of nitrogens with zero attached hydrogens (tertiary/aromatic N) is 3. The molecule has 0 unspecified atom stereocenters. The van der Waals surface area contributed by atoms with Gasteiger partial charge in [0.2, 0.25) is 27.7 Å². The SMILES string of the molecule is CC[C@@H]1C[C@H](C)CCC=C[C@@H]2C[C@@]2(C(=O)NS(=O)(=O)C2CC2)NC(=O)[C@@H]2C[C@@H](Oc3cnc4ccc(OC)cc4n3)CN2C(=O)[C@H]1NC(=O)O. The van der Waals surface area contributed by atoms with Gasteiger partial charge in [-0.15, -0.1) is 0 Å². The molecule has 0 radical (unpaired) electrons. The van der Waals surface area contributed by atoms with Crippen molar-refractivity contribution in [1.82, 2.24) is 30.2 Å². The predicted octanol–water partition coefficient (Wildman–Crippen LogP) is 2.51. The zero-order valence-corrected chi connectivity index (χ0v) is 29.1. The second kappa shape index (κ2) is 14.0. The summed E-state index contributed by atoms with van der Waals surface area (Å²) in [6.45, 7) is 3.87. The maximum Gasteiger partial charge on any atom is 0.405 e. The zero-order chi connectivity index (χ0) is 35.8. The van der Waals surface area contributed by atoms with Crippen LogP contribution in [-0.2, 0) is 24.4 Å². The molecule has 15 nitrogen and oxygen atoms in total. The third kappa shape index (κ3) is 7.49. The molecule has 7 atom stereocenters. The number of carbonyl (C=O) groups excluding carboxylic acids is 3.